The van der Waals surface area contributed by atoms with Gasteiger partial charge in [-0.1, -0.05) is 5.16 Å². The highest BCUT2D eigenvalue weighted by Gasteiger charge is 2.21. The fourth-order valence-electron chi connectivity index (χ4n) is 1.54. The first-order valence-electron chi connectivity index (χ1n) is 5.55. The molecule has 3 aromatic rings. The van der Waals surface area contributed by atoms with Crippen molar-refractivity contribution < 1.29 is 14.4 Å². The van der Waals surface area contributed by atoms with E-state index in [0.717, 1.165) is 5.56 Å². The van der Waals surface area contributed by atoms with Crippen molar-refractivity contribution in [3.8, 4) is 23.2 Å². The Hall–Kier alpha value is -3.10. The van der Waals surface area contributed by atoms with Gasteiger partial charge in [0.25, 0.3) is 5.89 Å². The Kier molecular flexibility index (Phi) is 2.71. The van der Waals surface area contributed by atoms with Crippen LogP contribution >= 0.6 is 0 Å². The van der Waals surface area contributed by atoms with Gasteiger partial charge in [0.05, 0.1) is 6.33 Å². The fourth-order valence-corrected chi connectivity index (χ4v) is 1.54. The summed E-state index contributed by atoms with van der Waals surface area (Å²) in [4.78, 5) is 29.5. The molecule has 0 spiro atoms. The molecule has 0 saturated carbocycles. The molecule has 0 aliphatic rings. The van der Waals surface area contributed by atoms with Gasteiger partial charge in [-0.2, -0.15) is 4.98 Å². The van der Waals surface area contributed by atoms with E-state index in [1.807, 2.05) is 6.92 Å². The quantitative estimate of drug-likeness (QED) is 0.719. The van der Waals surface area contributed by atoms with Gasteiger partial charge in [0.15, 0.2) is 5.69 Å². The van der Waals surface area contributed by atoms with E-state index in [0.29, 0.717) is 5.82 Å². The lowest BCUT2D eigenvalue weighted by atomic mass is 10.3. The zero-order valence-electron chi connectivity index (χ0n) is 10.2. The number of aryl methyl sites for hydroxylation is 1. The molecule has 0 saturated heterocycles. The molecule has 0 unspecified atom stereocenters. The normalized spacial score (nSPS) is 10.7. The number of nitrogens with one attached hydrogen (secondary N) is 1. The molecule has 3 rings (SSSR count). The Bertz CT molecular complexity index is 761. The number of hydrogen-bond acceptors (Lipinski definition) is 7. The minimum atomic E-state index is -1.19. The number of aromatic carboxylic acids is 1. The predicted octanol–water partition coefficient (Wildman–Crippen LogP) is 0.923. The van der Waals surface area contributed by atoms with Crippen molar-refractivity contribution in [3.05, 3.63) is 30.0 Å². The highest BCUT2D eigenvalue weighted by Crippen LogP contribution is 2.20. The van der Waals surface area contributed by atoms with Crippen LogP contribution < -0.4 is 0 Å². The summed E-state index contributed by atoms with van der Waals surface area (Å²) in [5.41, 5.74) is 0.854. The molecule has 0 atom stereocenters. The van der Waals surface area contributed by atoms with Gasteiger partial charge in [0, 0.05) is 12.4 Å². The smallest absolute Gasteiger partial charge is 0.356 e. The van der Waals surface area contributed by atoms with E-state index in [1.165, 1.54) is 6.33 Å². The van der Waals surface area contributed by atoms with Crippen LogP contribution in [0.25, 0.3) is 23.2 Å². The lowest BCUT2D eigenvalue weighted by Crippen LogP contribution is -1.99. The van der Waals surface area contributed by atoms with Crippen molar-refractivity contribution in [1.82, 2.24) is 30.1 Å². The third-order valence-electron chi connectivity index (χ3n) is 2.46. The minimum absolute atomic E-state index is 0.0130. The summed E-state index contributed by atoms with van der Waals surface area (Å²) in [5, 5.41) is 12.7. The number of aromatic amines is 1. The monoisotopic (exact) mass is 272 g/mol. The Morgan fingerprint density at radius 3 is 2.70 bits per heavy atom. The van der Waals surface area contributed by atoms with Crippen molar-refractivity contribution in [1.29, 1.82) is 0 Å². The summed E-state index contributed by atoms with van der Waals surface area (Å²) >= 11 is 0. The molecule has 100 valence electrons. The van der Waals surface area contributed by atoms with Gasteiger partial charge in [0.2, 0.25) is 11.6 Å². The number of H-pyrrole nitrogens is 1. The van der Waals surface area contributed by atoms with Crippen LogP contribution in [0.5, 0.6) is 0 Å². The van der Waals surface area contributed by atoms with E-state index >= 15 is 0 Å². The Morgan fingerprint density at radius 2 is 2.00 bits per heavy atom. The lowest BCUT2D eigenvalue weighted by molar-refractivity contribution is 0.0691. The molecule has 0 aromatic carbocycles. The van der Waals surface area contributed by atoms with Crippen molar-refractivity contribution in [3.63, 3.8) is 0 Å². The first-order valence-corrected chi connectivity index (χ1v) is 5.55. The van der Waals surface area contributed by atoms with Crippen LogP contribution in [-0.4, -0.2) is 41.2 Å². The number of carbonyl (C=O) groups is 1. The maximum Gasteiger partial charge on any atom is 0.356 e. The first kappa shape index (κ1) is 12.0. The second kappa shape index (κ2) is 4.53. The molecule has 0 bridgehead atoms. The molecular formula is C11H8N6O3. The SMILES string of the molecule is Cc1cnc(-c2noc(-c3[nH]cnc3C(=O)O)n2)nc1. The van der Waals surface area contributed by atoms with E-state index in [9.17, 15) is 4.79 Å². The van der Waals surface area contributed by atoms with Crippen molar-refractivity contribution in [2.24, 2.45) is 0 Å². The van der Waals surface area contributed by atoms with Gasteiger partial charge < -0.3 is 14.6 Å². The molecule has 0 aliphatic carbocycles. The van der Waals surface area contributed by atoms with Crippen molar-refractivity contribution >= 4 is 5.97 Å². The van der Waals surface area contributed by atoms with Crippen LogP contribution in [0.2, 0.25) is 0 Å². The van der Waals surface area contributed by atoms with Crippen LogP contribution in [0.4, 0.5) is 0 Å². The van der Waals surface area contributed by atoms with E-state index in [2.05, 4.69) is 30.1 Å². The van der Waals surface area contributed by atoms with E-state index < -0.39 is 5.97 Å². The van der Waals surface area contributed by atoms with Gasteiger partial charge >= 0.3 is 5.97 Å². The standard InChI is InChI=1S/C11H8N6O3/c1-5-2-12-8(13-3-5)9-16-10(20-17-9)6-7(11(18)19)15-4-14-6/h2-4H,1H3,(H,14,15)(H,18,19). The average Bonchev–Trinajstić information content (AvgIpc) is 3.08. The lowest BCUT2D eigenvalue weighted by Gasteiger charge is -1.92. The third kappa shape index (κ3) is 2.00. The van der Waals surface area contributed by atoms with Gasteiger partial charge in [0.1, 0.15) is 5.69 Å². The maximum atomic E-state index is 11.0. The number of rotatable bonds is 3. The topological polar surface area (TPSA) is 131 Å². The van der Waals surface area contributed by atoms with Crippen LogP contribution in [0, 0.1) is 6.92 Å². The summed E-state index contributed by atoms with van der Waals surface area (Å²) in [7, 11) is 0. The van der Waals surface area contributed by atoms with E-state index in [-0.39, 0.29) is 23.1 Å². The molecule has 9 nitrogen and oxygen atoms in total. The Labute approximate surface area is 111 Å². The zero-order valence-corrected chi connectivity index (χ0v) is 10.2. The van der Waals surface area contributed by atoms with E-state index in [1.54, 1.807) is 12.4 Å². The predicted molar refractivity (Wildman–Crippen MR) is 64.6 cm³/mol. The second-order valence-electron chi connectivity index (χ2n) is 3.94. The van der Waals surface area contributed by atoms with Gasteiger partial charge in [-0.15, -0.1) is 0 Å². The molecule has 0 amide bonds. The number of carboxylic acids is 1. The second-order valence-corrected chi connectivity index (χ2v) is 3.94. The van der Waals surface area contributed by atoms with Gasteiger partial charge in [-0.05, 0) is 12.5 Å². The zero-order chi connectivity index (χ0) is 14.1. The highest BCUT2D eigenvalue weighted by atomic mass is 16.5. The van der Waals surface area contributed by atoms with Crippen LogP contribution in [0.15, 0.2) is 23.2 Å². The number of nitrogens with zero attached hydrogens (tertiary/aromatic N) is 5. The third-order valence-corrected chi connectivity index (χ3v) is 2.46. The summed E-state index contributed by atoms with van der Waals surface area (Å²) in [5.74, 6) is -0.709. The minimum Gasteiger partial charge on any atom is -0.476 e. The largest absolute Gasteiger partial charge is 0.476 e. The number of hydrogen-bond donors (Lipinski definition) is 2. The molecule has 0 radical (unpaired) electrons. The highest BCUT2D eigenvalue weighted by molar-refractivity contribution is 5.91. The maximum absolute atomic E-state index is 11.0. The first-order chi connectivity index (χ1) is 9.65. The molecule has 2 N–H and O–H groups in total. The number of imidazole rings is 1. The van der Waals surface area contributed by atoms with Gasteiger partial charge in [-0.25, -0.2) is 19.7 Å². The van der Waals surface area contributed by atoms with Gasteiger partial charge in [-0.3, -0.25) is 0 Å². The molecule has 9 heteroatoms. The molecular weight excluding hydrogens is 264 g/mol. The average molecular weight is 272 g/mol. The molecule has 3 heterocycles. The van der Waals surface area contributed by atoms with Crippen LogP contribution in [0.1, 0.15) is 16.1 Å². The summed E-state index contributed by atoms with van der Waals surface area (Å²) in [6, 6.07) is 0. The van der Waals surface area contributed by atoms with E-state index in [4.69, 9.17) is 9.63 Å². The van der Waals surface area contributed by atoms with Crippen molar-refractivity contribution in [2.45, 2.75) is 6.92 Å². The summed E-state index contributed by atoms with van der Waals surface area (Å²) in [6.45, 7) is 1.86. The Morgan fingerprint density at radius 1 is 1.25 bits per heavy atom. The summed E-state index contributed by atoms with van der Waals surface area (Å²) in [6.07, 6.45) is 4.49. The molecule has 0 fully saturated rings. The molecule has 20 heavy (non-hydrogen) atoms. The molecule has 0 aliphatic heterocycles. The van der Waals surface area contributed by atoms with Crippen molar-refractivity contribution in [2.75, 3.05) is 0 Å². The van der Waals surface area contributed by atoms with Crippen LogP contribution in [-0.2, 0) is 0 Å². The van der Waals surface area contributed by atoms with Crippen LogP contribution in [0.3, 0.4) is 0 Å². The Balaban J connectivity index is 2.00. The summed E-state index contributed by atoms with van der Waals surface area (Å²) < 4.78 is 5.01. The number of carboxylic acid groups (broad SMARTS) is 1. The molecule has 3 aromatic heterocycles. The number of aromatic nitrogens is 6. The fraction of sp³-hybridized carbons (Fsp3) is 0.0909.